The van der Waals surface area contributed by atoms with Crippen LogP contribution >= 0.6 is 0 Å². The molecule has 1 fully saturated rings. The van der Waals surface area contributed by atoms with Crippen molar-refractivity contribution < 1.29 is 30.4 Å². The van der Waals surface area contributed by atoms with Crippen LogP contribution in [0.15, 0.2) is 82.6 Å². The average Bonchev–Trinajstić information content (AvgIpc) is 2.84. The first-order valence-electron chi connectivity index (χ1n) is 10.7. The van der Waals surface area contributed by atoms with Crippen molar-refractivity contribution in [2.45, 2.75) is 27.9 Å². The molecule has 3 aromatic rings. The number of amides is 1. The first kappa shape index (κ1) is 24.8. The van der Waals surface area contributed by atoms with Crippen LogP contribution in [0.5, 0.6) is 0 Å². The summed E-state index contributed by atoms with van der Waals surface area (Å²) in [5.74, 6) is -1.80. The molecule has 0 aliphatic carbocycles. The Bertz CT molecular complexity index is 1450. The van der Waals surface area contributed by atoms with E-state index in [0.717, 1.165) is 24.3 Å². The number of hydrogen-bond donors (Lipinski definition) is 1. The monoisotopic (exact) mass is 520 g/mol. The quantitative estimate of drug-likeness (QED) is 0.498. The molecule has 7 nitrogen and oxygen atoms in total. The molecule has 0 saturated carbocycles. The van der Waals surface area contributed by atoms with Gasteiger partial charge in [0.05, 0.1) is 10.1 Å². The Morgan fingerprint density at radius 2 is 1.51 bits per heavy atom. The van der Waals surface area contributed by atoms with Gasteiger partial charge in [0.1, 0.15) is 16.5 Å². The number of anilines is 1. The van der Waals surface area contributed by atoms with Crippen LogP contribution in [0.25, 0.3) is 0 Å². The Hall–Kier alpha value is -3.31. The van der Waals surface area contributed by atoms with Crippen LogP contribution in [-0.2, 0) is 19.9 Å². The molecule has 3 aromatic carbocycles. The molecule has 0 bridgehead atoms. The molecule has 0 aromatic heterocycles. The van der Waals surface area contributed by atoms with E-state index in [0.29, 0.717) is 0 Å². The van der Waals surface area contributed by atoms with Gasteiger partial charge in [0, 0.05) is 24.3 Å². The second kappa shape index (κ2) is 9.74. The molecule has 0 atom stereocenters. The normalized spacial score (nSPS) is 15.1. The fraction of sp³-hybridized carbons (Fsp3) is 0.208. The smallest absolute Gasteiger partial charge is 0.264 e. The van der Waals surface area contributed by atoms with E-state index in [1.54, 1.807) is 0 Å². The summed E-state index contributed by atoms with van der Waals surface area (Å²) in [6, 6.07) is 15.4. The van der Waals surface area contributed by atoms with E-state index >= 15 is 0 Å². The minimum Gasteiger partial charge on any atom is -0.339 e. The van der Waals surface area contributed by atoms with Crippen molar-refractivity contribution in [3.63, 3.8) is 0 Å². The van der Waals surface area contributed by atoms with E-state index in [9.17, 15) is 30.4 Å². The summed E-state index contributed by atoms with van der Waals surface area (Å²) in [6.45, 7) is 0.379. The number of carbonyl (C=O) groups is 1. The molecule has 1 aliphatic heterocycles. The number of sulfonamides is 1. The zero-order valence-corrected chi connectivity index (χ0v) is 20.0. The summed E-state index contributed by atoms with van der Waals surface area (Å²) in [6.07, 6.45) is 0.427. The first-order chi connectivity index (χ1) is 16.6. The number of nitrogens with zero attached hydrogens (tertiary/aromatic N) is 1. The van der Waals surface area contributed by atoms with Crippen LogP contribution in [0, 0.1) is 11.6 Å². The molecule has 1 amide bonds. The summed E-state index contributed by atoms with van der Waals surface area (Å²) >= 11 is 0. The highest BCUT2D eigenvalue weighted by Crippen LogP contribution is 2.26. The number of piperidine rings is 1. The number of likely N-dealkylation sites (tertiary alicyclic amines) is 1. The second-order valence-electron chi connectivity index (χ2n) is 8.11. The van der Waals surface area contributed by atoms with Crippen LogP contribution in [-0.4, -0.2) is 46.0 Å². The van der Waals surface area contributed by atoms with Gasteiger partial charge < -0.3 is 4.90 Å². The van der Waals surface area contributed by atoms with Gasteiger partial charge >= 0.3 is 0 Å². The number of carbonyl (C=O) groups excluding carboxylic acids is 1. The minimum atomic E-state index is -4.20. The van der Waals surface area contributed by atoms with Crippen LogP contribution in [0.3, 0.4) is 0 Å². The van der Waals surface area contributed by atoms with Crippen molar-refractivity contribution in [3.8, 4) is 0 Å². The zero-order valence-electron chi connectivity index (χ0n) is 18.4. The maximum atomic E-state index is 13.9. The number of hydrogen-bond acceptors (Lipinski definition) is 5. The lowest BCUT2D eigenvalue weighted by Crippen LogP contribution is -2.42. The second-order valence-corrected chi connectivity index (χ2v) is 12.0. The Labute approximate surface area is 202 Å². The predicted molar refractivity (Wildman–Crippen MR) is 126 cm³/mol. The van der Waals surface area contributed by atoms with Gasteiger partial charge in [0.25, 0.3) is 15.9 Å². The highest BCUT2D eigenvalue weighted by atomic mass is 32.2. The molecule has 1 saturated heterocycles. The number of benzene rings is 3. The summed E-state index contributed by atoms with van der Waals surface area (Å²) in [5.41, 5.74) is 0.298. The van der Waals surface area contributed by atoms with E-state index in [2.05, 4.69) is 4.72 Å². The van der Waals surface area contributed by atoms with Crippen LogP contribution < -0.4 is 4.72 Å². The third-order valence-electron chi connectivity index (χ3n) is 5.80. The molecule has 35 heavy (non-hydrogen) atoms. The van der Waals surface area contributed by atoms with Crippen molar-refractivity contribution in [1.82, 2.24) is 4.90 Å². The first-order valence-corrected chi connectivity index (χ1v) is 13.8. The molecular formula is C24H22F2N2O5S2. The van der Waals surface area contributed by atoms with Crippen molar-refractivity contribution in [2.75, 3.05) is 17.8 Å². The predicted octanol–water partition coefficient (Wildman–Crippen LogP) is 3.84. The lowest BCUT2D eigenvalue weighted by atomic mass is 10.1. The van der Waals surface area contributed by atoms with Gasteiger partial charge in [-0.2, -0.15) is 0 Å². The lowest BCUT2D eigenvalue weighted by Gasteiger charge is -2.32. The number of sulfone groups is 1. The number of halogens is 2. The van der Waals surface area contributed by atoms with Crippen molar-refractivity contribution in [2.24, 2.45) is 0 Å². The number of nitrogens with one attached hydrogen (secondary N) is 1. The van der Waals surface area contributed by atoms with Gasteiger partial charge in [-0.05, 0) is 67.4 Å². The maximum Gasteiger partial charge on any atom is 0.264 e. The molecule has 4 rings (SSSR count). The van der Waals surface area contributed by atoms with Crippen LogP contribution in [0.1, 0.15) is 23.2 Å². The fourth-order valence-electron chi connectivity index (χ4n) is 3.96. The molecule has 1 heterocycles. The van der Waals surface area contributed by atoms with E-state index in [-0.39, 0.29) is 48.0 Å². The Kier molecular flexibility index (Phi) is 6.91. The lowest BCUT2D eigenvalue weighted by molar-refractivity contribution is 0.0725. The Balaban J connectivity index is 1.44. The molecule has 184 valence electrons. The van der Waals surface area contributed by atoms with E-state index in [4.69, 9.17) is 0 Å². The molecule has 0 unspecified atom stereocenters. The SMILES string of the molecule is O=C(c1cccc(NS(=O)(=O)c2ccccc2F)c1)N1CCC(S(=O)(=O)c2ccc(F)cc2)CC1. The zero-order chi connectivity index (χ0) is 25.2. The summed E-state index contributed by atoms with van der Waals surface area (Å²) < 4.78 is 80.2. The van der Waals surface area contributed by atoms with Gasteiger partial charge in [-0.25, -0.2) is 25.6 Å². The van der Waals surface area contributed by atoms with Crippen LogP contribution in [0.4, 0.5) is 14.5 Å². The van der Waals surface area contributed by atoms with Gasteiger partial charge in [-0.1, -0.05) is 18.2 Å². The molecular weight excluding hydrogens is 498 g/mol. The molecule has 0 radical (unpaired) electrons. The van der Waals surface area contributed by atoms with E-state index in [1.165, 1.54) is 53.4 Å². The fourth-order valence-corrected chi connectivity index (χ4v) is 6.82. The average molecular weight is 521 g/mol. The highest BCUT2D eigenvalue weighted by Gasteiger charge is 2.33. The molecule has 1 N–H and O–H groups in total. The number of rotatable bonds is 6. The Morgan fingerprint density at radius 1 is 0.857 bits per heavy atom. The minimum absolute atomic E-state index is 0.0403. The van der Waals surface area contributed by atoms with Crippen LogP contribution in [0.2, 0.25) is 0 Å². The van der Waals surface area contributed by atoms with Gasteiger partial charge in [-0.3, -0.25) is 9.52 Å². The van der Waals surface area contributed by atoms with E-state index in [1.807, 2.05) is 0 Å². The molecule has 1 aliphatic rings. The van der Waals surface area contributed by atoms with E-state index < -0.39 is 41.6 Å². The van der Waals surface area contributed by atoms with Gasteiger partial charge in [0.2, 0.25) is 0 Å². The van der Waals surface area contributed by atoms with Gasteiger partial charge in [0.15, 0.2) is 9.84 Å². The summed E-state index contributed by atoms with van der Waals surface area (Å²) in [7, 11) is -7.87. The molecule has 11 heteroatoms. The van der Waals surface area contributed by atoms with Gasteiger partial charge in [-0.15, -0.1) is 0 Å². The Morgan fingerprint density at radius 3 is 2.17 bits per heavy atom. The summed E-state index contributed by atoms with van der Waals surface area (Å²) in [4.78, 5) is 14.0. The third kappa shape index (κ3) is 5.35. The van der Waals surface area contributed by atoms with Crippen molar-refractivity contribution in [3.05, 3.63) is 90.0 Å². The summed E-state index contributed by atoms with van der Waals surface area (Å²) in [5, 5.41) is -0.698. The highest BCUT2D eigenvalue weighted by molar-refractivity contribution is 7.92. The standard InChI is InChI=1S/C24H22F2N2O5S2/c25-18-8-10-20(11-9-18)34(30,31)21-12-14-28(15-13-21)24(29)17-4-3-5-19(16-17)27-35(32,33)23-7-2-1-6-22(23)26/h1-11,16,21,27H,12-15H2. The van der Waals surface area contributed by atoms with Crippen molar-refractivity contribution in [1.29, 1.82) is 0 Å². The topological polar surface area (TPSA) is 101 Å². The maximum absolute atomic E-state index is 13.9. The third-order valence-corrected chi connectivity index (χ3v) is 9.49. The van der Waals surface area contributed by atoms with Crippen molar-refractivity contribution >= 4 is 31.5 Å². The molecule has 0 spiro atoms. The largest absolute Gasteiger partial charge is 0.339 e.